The maximum absolute atomic E-state index is 11.9. The maximum Gasteiger partial charge on any atom is 0.159 e. The second-order valence-electron chi connectivity index (χ2n) is 4.22. The van der Waals surface area contributed by atoms with Crippen LogP contribution in [0.5, 0.6) is 0 Å². The van der Waals surface area contributed by atoms with Crippen molar-refractivity contribution in [2.75, 3.05) is 12.4 Å². The second-order valence-corrected chi connectivity index (χ2v) is 6.59. The summed E-state index contributed by atoms with van der Waals surface area (Å²) in [5.74, 6) is -0.418. The molecule has 0 radical (unpaired) electrons. The summed E-state index contributed by atoms with van der Waals surface area (Å²) in [7, 11) is -3.45. The summed E-state index contributed by atoms with van der Waals surface area (Å²) in [6.45, 7) is 2.94. The Morgan fingerprint density at radius 1 is 1.35 bits per heavy atom. The summed E-state index contributed by atoms with van der Waals surface area (Å²) in [5, 5.41) is 17.2. The zero-order valence-corrected chi connectivity index (χ0v) is 10.8. The van der Waals surface area contributed by atoms with Crippen molar-refractivity contribution in [3.8, 4) is 0 Å². The van der Waals surface area contributed by atoms with Crippen molar-refractivity contribution in [3.63, 3.8) is 0 Å². The van der Waals surface area contributed by atoms with E-state index < -0.39 is 33.6 Å². The van der Waals surface area contributed by atoms with Crippen LogP contribution in [0.4, 0.5) is 0 Å². The lowest BCUT2D eigenvalue weighted by molar-refractivity contribution is 0.112. The van der Waals surface area contributed by atoms with Crippen molar-refractivity contribution in [2.24, 2.45) is 0 Å². The van der Waals surface area contributed by atoms with E-state index in [2.05, 4.69) is 0 Å². The Labute approximate surface area is 102 Å². The Hall–Kier alpha value is -0.910. The molecule has 17 heavy (non-hydrogen) atoms. The van der Waals surface area contributed by atoms with Crippen LogP contribution in [-0.2, 0) is 9.84 Å². The van der Waals surface area contributed by atoms with Gasteiger partial charge in [0.1, 0.15) is 0 Å². The molecule has 0 heterocycles. The zero-order chi connectivity index (χ0) is 13.1. The van der Waals surface area contributed by atoms with E-state index in [4.69, 9.17) is 5.11 Å². The molecule has 0 bridgehead atoms. The third kappa shape index (κ3) is 3.80. The van der Waals surface area contributed by atoms with E-state index in [-0.39, 0.29) is 0 Å². The smallest absolute Gasteiger partial charge is 0.159 e. The van der Waals surface area contributed by atoms with Crippen LogP contribution in [0.1, 0.15) is 23.3 Å². The minimum atomic E-state index is -3.45. The van der Waals surface area contributed by atoms with Gasteiger partial charge < -0.3 is 10.2 Å². The van der Waals surface area contributed by atoms with Gasteiger partial charge in [0.2, 0.25) is 0 Å². The van der Waals surface area contributed by atoms with Gasteiger partial charge in [0.15, 0.2) is 9.84 Å². The molecule has 0 fully saturated rings. The van der Waals surface area contributed by atoms with Crippen molar-refractivity contribution >= 4 is 9.84 Å². The third-order valence-electron chi connectivity index (χ3n) is 2.69. The van der Waals surface area contributed by atoms with Crippen molar-refractivity contribution in [3.05, 3.63) is 35.4 Å². The Bertz CT molecular complexity index is 467. The van der Waals surface area contributed by atoms with E-state index in [0.29, 0.717) is 5.56 Å². The average molecular weight is 258 g/mol. The fourth-order valence-corrected chi connectivity index (χ4v) is 3.09. The number of sulfone groups is 1. The van der Waals surface area contributed by atoms with E-state index in [1.165, 1.54) is 0 Å². The number of hydrogen-bond acceptors (Lipinski definition) is 4. The quantitative estimate of drug-likeness (QED) is 0.820. The highest BCUT2D eigenvalue weighted by Crippen LogP contribution is 2.23. The monoisotopic (exact) mass is 258 g/mol. The fourth-order valence-electron chi connectivity index (χ4n) is 1.60. The van der Waals surface area contributed by atoms with Crippen LogP contribution >= 0.6 is 0 Å². The molecule has 1 aromatic rings. The molecule has 2 atom stereocenters. The molecule has 5 heteroatoms. The Morgan fingerprint density at radius 2 is 2.00 bits per heavy atom. The lowest BCUT2D eigenvalue weighted by atomic mass is 10.1. The molecule has 0 aliphatic heterocycles. The van der Waals surface area contributed by atoms with Gasteiger partial charge in [-0.15, -0.1) is 0 Å². The molecular formula is C12H18O4S. The number of rotatable bonds is 5. The number of aliphatic hydroxyl groups excluding tert-OH is 2. The van der Waals surface area contributed by atoms with Crippen LogP contribution < -0.4 is 0 Å². The molecule has 0 saturated heterocycles. The molecule has 0 unspecified atom stereocenters. The lowest BCUT2D eigenvalue weighted by Crippen LogP contribution is -2.27. The van der Waals surface area contributed by atoms with Gasteiger partial charge in [0, 0.05) is 0 Å². The Kier molecular flexibility index (Phi) is 4.68. The molecular weight excluding hydrogens is 240 g/mol. The lowest BCUT2D eigenvalue weighted by Gasteiger charge is -2.15. The highest BCUT2D eigenvalue weighted by molar-refractivity contribution is 7.91. The minimum absolute atomic E-state index is 0.418. The Morgan fingerprint density at radius 3 is 2.53 bits per heavy atom. The molecule has 4 nitrogen and oxygen atoms in total. The van der Waals surface area contributed by atoms with Crippen molar-refractivity contribution < 1.29 is 18.6 Å². The van der Waals surface area contributed by atoms with E-state index in [1.807, 2.05) is 19.1 Å². The van der Waals surface area contributed by atoms with Crippen LogP contribution in [0, 0.1) is 6.92 Å². The van der Waals surface area contributed by atoms with Gasteiger partial charge in [0.25, 0.3) is 0 Å². The van der Waals surface area contributed by atoms with Crippen LogP contribution in [0.3, 0.4) is 0 Å². The van der Waals surface area contributed by atoms with Gasteiger partial charge in [-0.25, -0.2) is 8.42 Å². The van der Waals surface area contributed by atoms with Crippen molar-refractivity contribution in [1.82, 2.24) is 0 Å². The summed E-state index contributed by atoms with van der Waals surface area (Å²) in [4.78, 5) is 0. The molecule has 0 saturated carbocycles. The van der Waals surface area contributed by atoms with Crippen LogP contribution in [0.2, 0.25) is 0 Å². The van der Waals surface area contributed by atoms with Gasteiger partial charge in [-0.1, -0.05) is 29.8 Å². The van der Waals surface area contributed by atoms with Gasteiger partial charge in [-0.3, -0.25) is 0 Å². The fraction of sp³-hybridized carbons (Fsp3) is 0.500. The van der Waals surface area contributed by atoms with E-state index in [0.717, 1.165) is 5.56 Å². The van der Waals surface area contributed by atoms with Gasteiger partial charge >= 0.3 is 0 Å². The van der Waals surface area contributed by atoms with Gasteiger partial charge in [0.05, 0.1) is 23.7 Å². The molecule has 1 rings (SSSR count). The SMILES string of the molecule is Cc1cccc([C@@H](C)S(=O)(=O)C[C@@H](O)CO)c1. The number of hydrogen-bond donors (Lipinski definition) is 2. The molecule has 0 amide bonds. The molecule has 0 spiro atoms. The van der Waals surface area contributed by atoms with Crippen LogP contribution in [0.25, 0.3) is 0 Å². The standard InChI is InChI=1S/C12H18O4S/c1-9-4-3-5-11(6-9)10(2)17(15,16)8-12(14)7-13/h3-6,10,12-14H,7-8H2,1-2H3/t10-,12+/m1/s1. The van der Waals surface area contributed by atoms with Crippen molar-refractivity contribution in [1.29, 1.82) is 0 Å². The summed E-state index contributed by atoms with van der Waals surface area (Å²) >= 11 is 0. The van der Waals surface area contributed by atoms with Crippen LogP contribution in [-0.4, -0.2) is 37.1 Å². The predicted molar refractivity (Wildman–Crippen MR) is 66.5 cm³/mol. The molecule has 0 aromatic heterocycles. The average Bonchev–Trinajstić information content (AvgIpc) is 2.27. The number of aliphatic hydroxyl groups is 2. The van der Waals surface area contributed by atoms with E-state index in [1.54, 1.807) is 19.1 Å². The molecule has 96 valence electrons. The first-order valence-corrected chi connectivity index (χ1v) is 7.15. The van der Waals surface area contributed by atoms with E-state index >= 15 is 0 Å². The van der Waals surface area contributed by atoms with Gasteiger partial charge in [-0.05, 0) is 19.4 Å². The van der Waals surface area contributed by atoms with E-state index in [9.17, 15) is 13.5 Å². The zero-order valence-electron chi connectivity index (χ0n) is 10.00. The first-order chi connectivity index (χ1) is 7.86. The molecule has 1 aromatic carbocycles. The first-order valence-electron chi connectivity index (χ1n) is 5.44. The molecule has 0 aliphatic carbocycles. The first kappa shape index (κ1) is 14.2. The van der Waals surface area contributed by atoms with Crippen LogP contribution in [0.15, 0.2) is 24.3 Å². The number of benzene rings is 1. The highest BCUT2D eigenvalue weighted by Gasteiger charge is 2.25. The second kappa shape index (κ2) is 5.62. The van der Waals surface area contributed by atoms with Gasteiger partial charge in [-0.2, -0.15) is 0 Å². The summed E-state index contributed by atoms with van der Waals surface area (Å²) in [6, 6.07) is 7.26. The topological polar surface area (TPSA) is 74.6 Å². The predicted octanol–water partition coefficient (Wildman–Crippen LogP) is 0.824. The third-order valence-corrected chi connectivity index (χ3v) is 4.88. The summed E-state index contributed by atoms with van der Waals surface area (Å²) in [6.07, 6.45) is -1.22. The minimum Gasteiger partial charge on any atom is -0.394 e. The number of aryl methyl sites for hydroxylation is 1. The summed E-state index contributed by atoms with van der Waals surface area (Å²) < 4.78 is 23.9. The molecule has 0 aliphatic rings. The Balaban J connectivity index is 2.92. The molecule has 2 N–H and O–H groups in total. The maximum atomic E-state index is 11.9. The summed E-state index contributed by atoms with van der Waals surface area (Å²) in [5.41, 5.74) is 1.70. The largest absolute Gasteiger partial charge is 0.394 e. The highest BCUT2D eigenvalue weighted by atomic mass is 32.2. The van der Waals surface area contributed by atoms with Crippen molar-refractivity contribution in [2.45, 2.75) is 25.2 Å². The normalized spacial score (nSPS) is 15.5.